The molecule has 0 aliphatic carbocycles. The van der Waals surface area contributed by atoms with Gasteiger partial charge in [0.1, 0.15) is 4.75 Å². The van der Waals surface area contributed by atoms with Crippen molar-refractivity contribution in [2.45, 2.75) is 70.5 Å². The van der Waals surface area contributed by atoms with Gasteiger partial charge >= 0.3 is 0 Å². The molecule has 0 radical (unpaired) electrons. The van der Waals surface area contributed by atoms with Gasteiger partial charge in [-0.25, -0.2) is 0 Å². The second-order valence-electron chi connectivity index (χ2n) is 7.53. The summed E-state index contributed by atoms with van der Waals surface area (Å²) in [5.41, 5.74) is 1.09. The lowest BCUT2D eigenvalue weighted by Gasteiger charge is -2.43. The Morgan fingerprint density at radius 3 is 2.43 bits per heavy atom. The summed E-state index contributed by atoms with van der Waals surface area (Å²) in [7, 11) is 0. The highest BCUT2D eigenvalue weighted by Crippen LogP contribution is 2.48. The standard InChI is InChI=1S/C16H30N2O2S/c1-11(2)14-16(7-9-17-10-8-16)13(12(3)20-14)18-21(19)15(4,5)6/h12-14,17-18H,1,7-10H2,2-6H3/t12-,13+,14?,21+/m0/s1. The largest absolute Gasteiger partial charge is 0.598 e. The van der Waals surface area contributed by atoms with E-state index in [1.165, 1.54) is 0 Å². The van der Waals surface area contributed by atoms with Crippen LogP contribution in [0, 0.1) is 5.41 Å². The van der Waals surface area contributed by atoms with Crippen LogP contribution in [0.5, 0.6) is 0 Å². The third kappa shape index (κ3) is 3.32. The summed E-state index contributed by atoms with van der Waals surface area (Å²) in [5.74, 6) is 0. The lowest BCUT2D eigenvalue weighted by molar-refractivity contribution is 0.0325. The smallest absolute Gasteiger partial charge is 0.136 e. The number of nitrogens with one attached hydrogen (secondary N) is 2. The van der Waals surface area contributed by atoms with E-state index in [4.69, 9.17) is 4.74 Å². The van der Waals surface area contributed by atoms with Crippen LogP contribution in [-0.2, 0) is 16.1 Å². The van der Waals surface area contributed by atoms with Crippen LogP contribution < -0.4 is 10.0 Å². The maximum Gasteiger partial charge on any atom is 0.136 e. The Morgan fingerprint density at radius 1 is 1.38 bits per heavy atom. The molecule has 0 amide bonds. The molecule has 2 fully saturated rings. The van der Waals surface area contributed by atoms with Crippen molar-refractivity contribution in [1.29, 1.82) is 0 Å². The maximum atomic E-state index is 12.6. The van der Waals surface area contributed by atoms with Crippen molar-refractivity contribution in [2.24, 2.45) is 5.41 Å². The van der Waals surface area contributed by atoms with Gasteiger partial charge in [0.25, 0.3) is 0 Å². The summed E-state index contributed by atoms with van der Waals surface area (Å²) in [6.07, 6.45) is 2.18. The Kier molecular flexibility index (Phi) is 5.11. The molecule has 2 N–H and O–H groups in total. The van der Waals surface area contributed by atoms with Crippen LogP contribution in [-0.4, -0.2) is 40.6 Å². The Balaban J connectivity index is 2.26. The molecule has 5 heteroatoms. The zero-order valence-corrected chi connectivity index (χ0v) is 14.8. The lowest BCUT2D eigenvalue weighted by Crippen LogP contribution is -2.57. The molecule has 4 nitrogen and oxygen atoms in total. The van der Waals surface area contributed by atoms with E-state index in [2.05, 4.69) is 23.5 Å². The van der Waals surface area contributed by atoms with Gasteiger partial charge in [-0.1, -0.05) is 12.2 Å². The first kappa shape index (κ1) is 17.3. The summed E-state index contributed by atoms with van der Waals surface area (Å²) in [5, 5.41) is 3.43. The predicted molar refractivity (Wildman–Crippen MR) is 88.5 cm³/mol. The van der Waals surface area contributed by atoms with Gasteiger partial charge < -0.3 is 14.6 Å². The number of ether oxygens (including phenoxy) is 1. The van der Waals surface area contributed by atoms with Crippen molar-refractivity contribution in [3.63, 3.8) is 0 Å². The maximum absolute atomic E-state index is 12.6. The number of rotatable bonds is 3. The van der Waals surface area contributed by atoms with E-state index in [9.17, 15) is 4.55 Å². The van der Waals surface area contributed by atoms with E-state index in [0.29, 0.717) is 0 Å². The summed E-state index contributed by atoms with van der Waals surface area (Å²) in [4.78, 5) is 0. The van der Waals surface area contributed by atoms with Crippen molar-refractivity contribution in [3.05, 3.63) is 12.2 Å². The molecule has 0 aromatic heterocycles. The molecule has 4 atom stereocenters. The van der Waals surface area contributed by atoms with Gasteiger partial charge in [0.2, 0.25) is 0 Å². The van der Waals surface area contributed by atoms with Crippen LogP contribution in [0.25, 0.3) is 0 Å². The van der Waals surface area contributed by atoms with E-state index < -0.39 is 11.4 Å². The Morgan fingerprint density at radius 2 is 1.95 bits per heavy atom. The highest BCUT2D eigenvalue weighted by atomic mass is 32.2. The fraction of sp³-hybridized carbons (Fsp3) is 0.875. The van der Waals surface area contributed by atoms with Gasteiger partial charge in [0, 0.05) is 16.8 Å². The average molecular weight is 314 g/mol. The fourth-order valence-electron chi connectivity index (χ4n) is 3.64. The predicted octanol–water partition coefficient (Wildman–Crippen LogP) is 2.14. The highest BCUT2D eigenvalue weighted by Gasteiger charge is 2.57. The van der Waals surface area contributed by atoms with Gasteiger partial charge in [-0.15, -0.1) is 4.72 Å². The number of hydrogen-bond acceptors (Lipinski definition) is 4. The van der Waals surface area contributed by atoms with Crippen LogP contribution in [0.3, 0.4) is 0 Å². The first-order valence-electron chi connectivity index (χ1n) is 7.88. The molecule has 122 valence electrons. The van der Waals surface area contributed by atoms with Crippen LogP contribution >= 0.6 is 0 Å². The molecule has 1 unspecified atom stereocenters. The normalized spacial score (nSPS) is 34.1. The second-order valence-corrected chi connectivity index (χ2v) is 9.53. The fourth-order valence-corrected chi connectivity index (χ4v) is 4.65. The van der Waals surface area contributed by atoms with E-state index in [1.807, 2.05) is 27.7 Å². The van der Waals surface area contributed by atoms with Crippen molar-refractivity contribution >= 4 is 11.4 Å². The minimum atomic E-state index is -1.08. The summed E-state index contributed by atoms with van der Waals surface area (Å²) < 4.78 is 21.9. The Labute approximate surface area is 132 Å². The minimum absolute atomic E-state index is 0.0113. The molecular weight excluding hydrogens is 284 g/mol. The van der Waals surface area contributed by atoms with Crippen LogP contribution in [0.15, 0.2) is 12.2 Å². The number of hydrogen-bond donors (Lipinski definition) is 2. The van der Waals surface area contributed by atoms with Crippen LogP contribution in [0.1, 0.15) is 47.5 Å². The molecule has 0 saturated carbocycles. The monoisotopic (exact) mass is 314 g/mol. The molecule has 21 heavy (non-hydrogen) atoms. The zero-order chi connectivity index (χ0) is 15.8. The Bertz CT molecular complexity index is 388. The first-order chi connectivity index (χ1) is 9.68. The quantitative estimate of drug-likeness (QED) is 0.619. The Hall–Kier alpha value is -0.0700. The zero-order valence-electron chi connectivity index (χ0n) is 14.0. The summed E-state index contributed by atoms with van der Waals surface area (Å²) in [6, 6.07) is 0.112. The number of piperidine rings is 1. The molecule has 2 aliphatic heterocycles. The molecule has 2 saturated heterocycles. The van der Waals surface area contributed by atoms with Gasteiger partial charge in [-0.05, 0) is 60.5 Å². The van der Waals surface area contributed by atoms with Crippen molar-refractivity contribution in [1.82, 2.24) is 10.0 Å². The molecular formula is C16H30N2O2S. The molecule has 1 spiro atoms. The summed E-state index contributed by atoms with van der Waals surface area (Å²) in [6.45, 7) is 16.2. The molecule has 2 aliphatic rings. The van der Waals surface area contributed by atoms with Gasteiger partial charge in [0.05, 0.1) is 18.2 Å². The topological polar surface area (TPSA) is 56.3 Å². The highest BCUT2D eigenvalue weighted by molar-refractivity contribution is 7.90. The lowest BCUT2D eigenvalue weighted by atomic mass is 9.68. The van der Waals surface area contributed by atoms with Gasteiger partial charge in [-0.3, -0.25) is 0 Å². The van der Waals surface area contributed by atoms with Crippen molar-refractivity contribution in [3.8, 4) is 0 Å². The van der Waals surface area contributed by atoms with Crippen LogP contribution in [0.2, 0.25) is 0 Å². The first-order valence-corrected chi connectivity index (χ1v) is 9.03. The molecule has 0 bridgehead atoms. The van der Waals surface area contributed by atoms with E-state index >= 15 is 0 Å². The van der Waals surface area contributed by atoms with E-state index in [1.54, 1.807) is 0 Å². The molecule has 2 heterocycles. The van der Waals surface area contributed by atoms with E-state index in [-0.39, 0.29) is 28.4 Å². The van der Waals surface area contributed by atoms with E-state index in [0.717, 1.165) is 31.5 Å². The van der Waals surface area contributed by atoms with Gasteiger partial charge in [0.15, 0.2) is 0 Å². The van der Waals surface area contributed by atoms with Crippen LogP contribution in [0.4, 0.5) is 0 Å². The average Bonchev–Trinajstić information content (AvgIpc) is 2.64. The SMILES string of the molecule is C=C(C)C1O[C@@H](C)[C@@H](N[S@+]([O-])C(C)(C)C)C12CCNCC2. The molecule has 2 rings (SSSR count). The molecule has 0 aromatic rings. The molecule has 0 aromatic carbocycles. The van der Waals surface area contributed by atoms with Gasteiger partial charge in [-0.2, -0.15) is 0 Å². The van der Waals surface area contributed by atoms with Crippen molar-refractivity contribution < 1.29 is 9.29 Å². The van der Waals surface area contributed by atoms with Crippen molar-refractivity contribution in [2.75, 3.05) is 13.1 Å². The minimum Gasteiger partial charge on any atom is -0.598 e. The second kappa shape index (κ2) is 6.20. The third-order valence-corrected chi connectivity index (χ3v) is 6.31. The third-order valence-electron chi connectivity index (χ3n) is 4.73. The summed E-state index contributed by atoms with van der Waals surface area (Å²) >= 11 is -1.08.